The molecule has 0 amide bonds. The Hall–Kier alpha value is 0.190. The van der Waals surface area contributed by atoms with E-state index in [-0.39, 0.29) is 0 Å². The van der Waals surface area contributed by atoms with Crippen molar-refractivity contribution in [2.24, 2.45) is 0 Å². The second kappa shape index (κ2) is 5.45. The topological polar surface area (TPSA) is 0 Å². The Labute approximate surface area is 119 Å². The number of benzene rings is 2. The first-order chi connectivity index (χ1) is 8.00. The molecule has 3 heteroatoms. The van der Waals surface area contributed by atoms with E-state index in [2.05, 4.69) is 87.9 Å². The molecule has 0 saturated heterocycles. The van der Waals surface area contributed by atoms with Crippen LogP contribution in [0.3, 0.4) is 0 Å². The Balaban J connectivity index is 2.41. The molecule has 0 nitrogen and oxygen atoms in total. The molecular formula is C14H14Br2Te. The molecule has 0 spiro atoms. The van der Waals surface area contributed by atoms with Crippen LogP contribution in [0, 0.1) is 13.8 Å². The first kappa shape index (κ1) is 13.6. The van der Waals surface area contributed by atoms with Crippen LogP contribution in [-0.2, 0) is 0 Å². The summed E-state index contributed by atoms with van der Waals surface area (Å²) in [5, 5.41) is 0. The van der Waals surface area contributed by atoms with Crippen molar-refractivity contribution >= 4 is 46.5 Å². The molecule has 0 aliphatic rings. The predicted molar refractivity (Wildman–Crippen MR) is 85.2 cm³/mol. The second-order valence-corrected chi connectivity index (χ2v) is 28.3. The van der Waals surface area contributed by atoms with Crippen LogP contribution in [0.2, 0.25) is 0 Å². The maximum atomic E-state index is 3.95. The summed E-state index contributed by atoms with van der Waals surface area (Å²) in [5.41, 5.74) is 2.60. The third-order valence-corrected chi connectivity index (χ3v) is 17.6. The van der Waals surface area contributed by atoms with Crippen molar-refractivity contribution in [3.05, 3.63) is 59.7 Å². The average molecular weight is 470 g/mol. The van der Waals surface area contributed by atoms with Crippen LogP contribution in [-0.4, -0.2) is 13.8 Å². The molecule has 0 saturated carbocycles. The van der Waals surface area contributed by atoms with Gasteiger partial charge in [0.1, 0.15) is 0 Å². The van der Waals surface area contributed by atoms with Gasteiger partial charge in [0, 0.05) is 0 Å². The van der Waals surface area contributed by atoms with Crippen molar-refractivity contribution in [3.63, 3.8) is 0 Å². The SMILES string of the molecule is Cc1ccc([Te](Br)(Br)c2ccc(C)cc2)cc1. The van der Waals surface area contributed by atoms with Crippen LogP contribution in [0.5, 0.6) is 0 Å². The molecule has 0 aromatic heterocycles. The number of halogens is 2. The molecule has 0 radical (unpaired) electrons. The molecule has 0 aliphatic carbocycles. The van der Waals surface area contributed by atoms with Gasteiger partial charge in [-0.05, 0) is 0 Å². The molecule has 2 aromatic rings. The van der Waals surface area contributed by atoms with Gasteiger partial charge in [0.25, 0.3) is 0 Å². The van der Waals surface area contributed by atoms with Crippen molar-refractivity contribution in [3.8, 4) is 0 Å². The molecule has 2 rings (SSSR count). The number of rotatable bonds is 2. The zero-order valence-electron chi connectivity index (χ0n) is 9.78. The van der Waals surface area contributed by atoms with Gasteiger partial charge in [-0.15, -0.1) is 0 Å². The van der Waals surface area contributed by atoms with Crippen LogP contribution in [0.4, 0.5) is 0 Å². The summed E-state index contributed by atoms with van der Waals surface area (Å²) in [6.07, 6.45) is 0. The number of hydrogen-bond acceptors (Lipinski definition) is 0. The van der Waals surface area contributed by atoms with Crippen molar-refractivity contribution in [2.45, 2.75) is 13.8 Å². The van der Waals surface area contributed by atoms with Crippen molar-refractivity contribution in [1.29, 1.82) is 0 Å². The van der Waals surface area contributed by atoms with E-state index in [0.29, 0.717) is 0 Å². The van der Waals surface area contributed by atoms with Gasteiger partial charge in [0.2, 0.25) is 0 Å². The maximum absolute atomic E-state index is 3.95. The first-order valence-corrected chi connectivity index (χ1v) is 18.1. The number of hydrogen-bond donors (Lipinski definition) is 0. The van der Waals surface area contributed by atoms with Crippen molar-refractivity contribution in [2.75, 3.05) is 0 Å². The van der Waals surface area contributed by atoms with E-state index in [0.717, 1.165) is 0 Å². The van der Waals surface area contributed by atoms with Crippen LogP contribution < -0.4 is 7.22 Å². The normalized spacial score (nSPS) is 12.5. The summed E-state index contributed by atoms with van der Waals surface area (Å²) < 4.78 is 2.78. The zero-order chi connectivity index (χ0) is 12.5. The quantitative estimate of drug-likeness (QED) is 0.589. The molecule has 0 unspecified atom stereocenters. The van der Waals surface area contributed by atoms with E-state index in [4.69, 9.17) is 0 Å². The Morgan fingerprint density at radius 2 is 0.941 bits per heavy atom. The van der Waals surface area contributed by atoms with Crippen LogP contribution in [0.25, 0.3) is 0 Å². The molecule has 0 bridgehead atoms. The van der Waals surface area contributed by atoms with Gasteiger partial charge < -0.3 is 0 Å². The minimum atomic E-state index is -2.45. The van der Waals surface area contributed by atoms with E-state index >= 15 is 0 Å². The Kier molecular flexibility index (Phi) is 4.36. The molecule has 0 heterocycles. The minimum absolute atomic E-state index is 1.30. The van der Waals surface area contributed by atoms with Gasteiger partial charge in [-0.1, -0.05) is 0 Å². The van der Waals surface area contributed by atoms with E-state index in [1.54, 1.807) is 0 Å². The summed E-state index contributed by atoms with van der Waals surface area (Å²) in [7, 11) is 0. The fourth-order valence-electron chi connectivity index (χ4n) is 1.55. The summed E-state index contributed by atoms with van der Waals surface area (Å²) in [4.78, 5) is 0. The van der Waals surface area contributed by atoms with Gasteiger partial charge in [0.05, 0.1) is 0 Å². The summed E-state index contributed by atoms with van der Waals surface area (Å²) in [6, 6.07) is 17.6. The third kappa shape index (κ3) is 3.15. The molecular weight excluding hydrogens is 456 g/mol. The Morgan fingerprint density at radius 1 is 0.647 bits per heavy atom. The summed E-state index contributed by atoms with van der Waals surface area (Å²) >= 11 is 5.45. The second-order valence-electron chi connectivity index (χ2n) is 4.10. The average Bonchev–Trinajstić information content (AvgIpc) is 2.30. The molecule has 90 valence electrons. The monoisotopic (exact) mass is 470 g/mol. The third-order valence-electron chi connectivity index (χ3n) is 2.63. The van der Waals surface area contributed by atoms with E-state index in [1.165, 1.54) is 18.3 Å². The predicted octanol–water partition coefficient (Wildman–Crippen LogP) is 3.65. The van der Waals surface area contributed by atoms with Crippen LogP contribution in [0.1, 0.15) is 11.1 Å². The summed E-state index contributed by atoms with van der Waals surface area (Å²) in [5.74, 6) is 0. The van der Waals surface area contributed by atoms with Crippen molar-refractivity contribution in [1.82, 2.24) is 0 Å². The molecule has 0 N–H and O–H groups in total. The fraction of sp³-hybridized carbons (Fsp3) is 0.143. The zero-order valence-corrected chi connectivity index (χ0v) is 15.3. The Morgan fingerprint density at radius 3 is 1.24 bits per heavy atom. The van der Waals surface area contributed by atoms with Gasteiger partial charge in [-0.2, -0.15) is 0 Å². The van der Waals surface area contributed by atoms with Gasteiger partial charge in [-0.25, -0.2) is 0 Å². The van der Waals surface area contributed by atoms with Gasteiger partial charge in [-0.3, -0.25) is 0 Å². The van der Waals surface area contributed by atoms with Gasteiger partial charge in [0.15, 0.2) is 0 Å². The molecule has 0 fully saturated rings. The molecule has 0 atom stereocenters. The fourth-order valence-corrected chi connectivity index (χ4v) is 10.9. The van der Waals surface area contributed by atoms with Gasteiger partial charge >= 0.3 is 120 Å². The van der Waals surface area contributed by atoms with Crippen LogP contribution >= 0.6 is 25.5 Å². The molecule has 0 aliphatic heterocycles. The Bertz CT molecular complexity index is 453. The number of aryl methyl sites for hydroxylation is 2. The van der Waals surface area contributed by atoms with E-state index < -0.39 is 13.8 Å². The molecule has 2 aromatic carbocycles. The summed E-state index contributed by atoms with van der Waals surface area (Å²) in [6.45, 7) is 4.24. The molecule has 17 heavy (non-hydrogen) atoms. The standard InChI is InChI=1S/C14H14Br2Te/c1-11-3-7-13(8-4-11)17(15,16)14-9-5-12(2)6-10-14/h3-10H,1-2H3. The van der Waals surface area contributed by atoms with E-state index in [9.17, 15) is 0 Å². The van der Waals surface area contributed by atoms with Crippen LogP contribution in [0.15, 0.2) is 48.5 Å². The first-order valence-electron chi connectivity index (χ1n) is 5.36. The van der Waals surface area contributed by atoms with E-state index in [1.807, 2.05) is 0 Å². The van der Waals surface area contributed by atoms with Crippen molar-refractivity contribution < 1.29 is 0 Å².